The summed E-state index contributed by atoms with van der Waals surface area (Å²) in [7, 11) is 1.78. The van der Waals surface area contributed by atoms with Crippen molar-refractivity contribution in [1.29, 1.82) is 0 Å². The average Bonchev–Trinajstić information content (AvgIpc) is 3.20. The lowest BCUT2D eigenvalue weighted by molar-refractivity contribution is -0.00545. The van der Waals surface area contributed by atoms with Crippen molar-refractivity contribution in [3.8, 4) is 0 Å². The van der Waals surface area contributed by atoms with Gasteiger partial charge in [-0.25, -0.2) is 4.98 Å². The van der Waals surface area contributed by atoms with E-state index in [1.165, 1.54) is 0 Å². The van der Waals surface area contributed by atoms with Gasteiger partial charge in [-0.15, -0.1) is 0 Å². The van der Waals surface area contributed by atoms with E-state index in [9.17, 15) is 0 Å². The lowest BCUT2D eigenvalue weighted by Crippen LogP contribution is -2.45. The number of aliphatic imine (C=N–C) groups is 1. The second-order valence-corrected chi connectivity index (χ2v) is 7.16. The predicted octanol–water partition coefficient (Wildman–Crippen LogP) is 1.65. The Hall–Kier alpha value is -2.61. The van der Waals surface area contributed by atoms with Crippen molar-refractivity contribution in [3.05, 3.63) is 42.4 Å². The summed E-state index contributed by atoms with van der Waals surface area (Å²) in [5, 5.41) is 10.9. The third-order valence-electron chi connectivity index (χ3n) is 4.65. The van der Waals surface area contributed by atoms with Gasteiger partial charge in [0, 0.05) is 58.4 Å². The van der Waals surface area contributed by atoms with Crippen LogP contribution in [0.1, 0.15) is 25.8 Å². The van der Waals surface area contributed by atoms with Crippen LogP contribution in [0.4, 0.5) is 5.82 Å². The van der Waals surface area contributed by atoms with Gasteiger partial charge >= 0.3 is 0 Å². The van der Waals surface area contributed by atoms with Crippen molar-refractivity contribution < 1.29 is 4.74 Å². The molecule has 0 saturated carbocycles. The molecule has 0 aliphatic carbocycles. The standard InChI is InChI=1S/C20H31N7O/c1-16-14-26(15-17(2)28-16)19-7-6-18(12-23-19)13-24-20(21-3)22-8-4-10-27-11-5-9-25-27/h5-7,9,11-12,16-17H,4,8,10,13-15H2,1-3H3,(H2,21,22,24). The normalized spacial score (nSPS) is 20.2. The Bertz CT molecular complexity index is 720. The zero-order valence-electron chi connectivity index (χ0n) is 17.0. The largest absolute Gasteiger partial charge is 0.372 e. The van der Waals surface area contributed by atoms with Crippen LogP contribution < -0.4 is 15.5 Å². The quantitative estimate of drug-likeness (QED) is 0.429. The number of morpholine rings is 1. The second-order valence-electron chi connectivity index (χ2n) is 7.16. The van der Waals surface area contributed by atoms with Gasteiger partial charge in [-0.3, -0.25) is 9.67 Å². The predicted molar refractivity (Wildman–Crippen MR) is 112 cm³/mol. The van der Waals surface area contributed by atoms with Crippen LogP contribution in [0.15, 0.2) is 41.8 Å². The van der Waals surface area contributed by atoms with Crippen LogP contribution >= 0.6 is 0 Å². The zero-order valence-corrected chi connectivity index (χ0v) is 17.0. The van der Waals surface area contributed by atoms with Crippen molar-refractivity contribution >= 4 is 11.8 Å². The molecule has 8 heteroatoms. The van der Waals surface area contributed by atoms with Crippen LogP contribution in [0.25, 0.3) is 0 Å². The number of ether oxygens (including phenoxy) is 1. The van der Waals surface area contributed by atoms with Crippen LogP contribution in [0, 0.1) is 0 Å². The molecule has 2 atom stereocenters. The fourth-order valence-electron chi connectivity index (χ4n) is 3.36. The maximum Gasteiger partial charge on any atom is 0.191 e. The van der Waals surface area contributed by atoms with Gasteiger partial charge in [0.15, 0.2) is 5.96 Å². The molecular weight excluding hydrogens is 354 g/mol. The number of nitrogens with one attached hydrogen (secondary N) is 2. The molecule has 3 heterocycles. The molecule has 1 aliphatic heterocycles. The summed E-state index contributed by atoms with van der Waals surface area (Å²) in [5.41, 5.74) is 1.12. The molecule has 2 unspecified atom stereocenters. The van der Waals surface area contributed by atoms with Gasteiger partial charge in [-0.2, -0.15) is 5.10 Å². The van der Waals surface area contributed by atoms with Crippen LogP contribution in [-0.4, -0.2) is 59.6 Å². The Morgan fingerprint density at radius 2 is 2.07 bits per heavy atom. The Kier molecular flexibility index (Phi) is 7.25. The summed E-state index contributed by atoms with van der Waals surface area (Å²) in [6.07, 6.45) is 7.15. The van der Waals surface area contributed by atoms with Crippen LogP contribution in [-0.2, 0) is 17.8 Å². The summed E-state index contributed by atoms with van der Waals surface area (Å²) >= 11 is 0. The lowest BCUT2D eigenvalue weighted by atomic mass is 10.2. The molecule has 0 amide bonds. The van der Waals surface area contributed by atoms with E-state index in [1.54, 1.807) is 13.2 Å². The molecule has 1 fully saturated rings. The van der Waals surface area contributed by atoms with Crippen molar-refractivity contribution in [1.82, 2.24) is 25.4 Å². The van der Waals surface area contributed by atoms with Crippen LogP contribution in [0.5, 0.6) is 0 Å². The molecule has 0 radical (unpaired) electrons. The molecule has 0 aromatic carbocycles. The molecule has 28 heavy (non-hydrogen) atoms. The van der Waals surface area contributed by atoms with Gasteiger partial charge in [0.25, 0.3) is 0 Å². The number of nitrogens with zero attached hydrogens (tertiary/aromatic N) is 5. The molecule has 0 spiro atoms. The van der Waals surface area contributed by atoms with Gasteiger partial charge in [-0.1, -0.05) is 6.07 Å². The number of pyridine rings is 1. The third-order valence-corrected chi connectivity index (χ3v) is 4.65. The summed E-state index contributed by atoms with van der Waals surface area (Å²) in [6, 6.07) is 6.14. The van der Waals surface area contributed by atoms with E-state index in [-0.39, 0.29) is 12.2 Å². The fraction of sp³-hybridized carbons (Fsp3) is 0.550. The number of hydrogen-bond acceptors (Lipinski definition) is 5. The van der Waals surface area contributed by atoms with Gasteiger partial charge in [0.05, 0.1) is 12.2 Å². The highest BCUT2D eigenvalue weighted by atomic mass is 16.5. The van der Waals surface area contributed by atoms with E-state index in [0.717, 1.165) is 49.9 Å². The zero-order chi connectivity index (χ0) is 19.8. The highest BCUT2D eigenvalue weighted by Crippen LogP contribution is 2.18. The van der Waals surface area contributed by atoms with E-state index in [0.29, 0.717) is 6.54 Å². The Morgan fingerprint density at radius 1 is 1.25 bits per heavy atom. The van der Waals surface area contributed by atoms with Crippen molar-refractivity contribution in [2.45, 2.75) is 45.6 Å². The minimum absolute atomic E-state index is 0.231. The molecule has 1 aliphatic rings. The summed E-state index contributed by atoms with van der Waals surface area (Å²) < 4.78 is 7.73. The van der Waals surface area contributed by atoms with Crippen LogP contribution in [0.3, 0.4) is 0 Å². The van der Waals surface area contributed by atoms with E-state index < -0.39 is 0 Å². The van der Waals surface area contributed by atoms with Crippen molar-refractivity contribution in [2.24, 2.45) is 4.99 Å². The third kappa shape index (κ3) is 5.95. The molecule has 8 nitrogen and oxygen atoms in total. The number of hydrogen-bond donors (Lipinski definition) is 2. The maximum absolute atomic E-state index is 5.80. The Balaban J connectivity index is 1.41. The minimum atomic E-state index is 0.231. The molecular formula is C20H31N7O. The van der Waals surface area contributed by atoms with Gasteiger partial charge in [0.1, 0.15) is 5.82 Å². The first-order valence-electron chi connectivity index (χ1n) is 9.91. The molecule has 2 aromatic heterocycles. The second kappa shape index (κ2) is 10.1. The molecule has 2 N–H and O–H groups in total. The van der Waals surface area contributed by atoms with Crippen molar-refractivity contribution in [2.75, 3.05) is 31.6 Å². The van der Waals surface area contributed by atoms with E-state index in [2.05, 4.69) is 56.6 Å². The van der Waals surface area contributed by atoms with Gasteiger partial charge in [-0.05, 0) is 38.0 Å². The number of guanidine groups is 1. The summed E-state index contributed by atoms with van der Waals surface area (Å²) in [4.78, 5) is 11.2. The lowest BCUT2D eigenvalue weighted by Gasteiger charge is -2.36. The summed E-state index contributed by atoms with van der Waals surface area (Å²) in [6.45, 7) is 8.38. The topological polar surface area (TPSA) is 79.6 Å². The average molecular weight is 386 g/mol. The molecule has 2 aromatic rings. The summed E-state index contributed by atoms with van der Waals surface area (Å²) in [5.74, 6) is 1.80. The molecule has 3 rings (SSSR count). The monoisotopic (exact) mass is 385 g/mol. The first-order chi connectivity index (χ1) is 13.6. The van der Waals surface area contributed by atoms with Crippen LogP contribution in [0.2, 0.25) is 0 Å². The van der Waals surface area contributed by atoms with E-state index >= 15 is 0 Å². The van der Waals surface area contributed by atoms with Crippen molar-refractivity contribution in [3.63, 3.8) is 0 Å². The fourth-order valence-corrected chi connectivity index (χ4v) is 3.36. The first-order valence-corrected chi connectivity index (χ1v) is 9.91. The van der Waals surface area contributed by atoms with E-state index in [4.69, 9.17) is 4.74 Å². The SMILES string of the molecule is CN=C(NCCCn1cccn1)NCc1ccc(N2CC(C)OC(C)C2)nc1. The smallest absolute Gasteiger partial charge is 0.191 e. The number of aryl methyl sites for hydroxylation is 1. The molecule has 1 saturated heterocycles. The Morgan fingerprint density at radius 3 is 2.71 bits per heavy atom. The molecule has 152 valence electrons. The van der Waals surface area contributed by atoms with E-state index in [1.807, 2.05) is 23.1 Å². The number of anilines is 1. The van der Waals surface area contributed by atoms with Gasteiger partial charge in [0.2, 0.25) is 0 Å². The first kappa shape index (κ1) is 20.1. The molecule has 0 bridgehead atoms. The van der Waals surface area contributed by atoms with Gasteiger partial charge < -0.3 is 20.3 Å². The maximum atomic E-state index is 5.80. The number of rotatable bonds is 7. The number of aromatic nitrogens is 3. The minimum Gasteiger partial charge on any atom is -0.372 e. The highest BCUT2D eigenvalue weighted by molar-refractivity contribution is 5.79. The highest BCUT2D eigenvalue weighted by Gasteiger charge is 2.22. The Labute approximate surface area is 167 Å².